The minimum absolute atomic E-state index is 0.0630. The lowest BCUT2D eigenvalue weighted by atomic mass is 9.88. The van der Waals surface area contributed by atoms with Crippen LogP contribution in [0, 0.1) is 25.6 Å². The molecular weight excluding hydrogens is 299 g/mol. The fourth-order valence-electron chi connectivity index (χ4n) is 3.04. The van der Waals surface area contributed by atoms with Crippen molar-refractivity contribution < 1.29 is 9.18 Å². The summed E-state index contributed by atoms with van der Waals surface area (Å²) >= 11 is 0. The van der Waals surface area contributed by atoms with Gasteiger partial charge in [0.05, 0.1) is 0 Å². The molecule has 1 unspecified atom stereocenters. The number of rotatable bonds is 6. The molecule has 2 aromatic rings. The van der Waals surface area contributed by atoms with Crippen LogP contribution in [0.3, 0.4) is 0 Å². The van der Waals surface area contributed by atoms with Crippen molar-refractivity contribution in [1.29, 1.82) is 0 Å². The van der Waals surface area contributed by atoms with Crippen molar-refractivity contribution in [3.8, 4) is 11.1 Å². The first-order valence-corrected chi connectivity index (χ1v) is 8.79. The number of halogens is 1. The van der Waals surface area contributed by atoms with Crippen LogP contribution >= 0.6 is 0 Å². The molecule has 0 N–H and O–H groups in total. The Hall–Kier alpha value is -1.96. The average Bonchev–Trinajstić information content (AvgIpc) is 2.57. The summed E-state index contributed by atoms with van der Waals surface area (Å²) < 4.78 is 14.5. The Bertz CT molecular complexity index is 746. The summed E-state index contributed by atoms with van der Waals surface area (Å²) in [6.07, 6.45) is 2.05. The normalized spacial score (nSPS) is 12.2. The van der Waals surface area contributed by atoms with Gasteiger partial charge >= 0.3 is 0 Å². The summed E-state index contributed by atoms with van der Waals surface area (Å²) in [4.78, 5) is 12.4. The van der Waals surface area contributed by atoms with Gasteiger partial charge < -0.3 is 0 Å². The van der Waals surface area contributed by atoms with Gasteiger partial charge in [-0.05, 0) is 60.6 Å². The first-order chi connectivity index (χ1) is 11.4. The van der Waals surface area contributed by atoms with Gasteiger partial charge in [0.2, 0.25) is 0 Å². The summed E-state index contributed by atoms with van der Waals surface area (Å²) in [5.41, 5.74) is 5.79. The molecule has 1 atom stereocenters. The Morgan fingerprint density at radius 3 is 2.46 bits per heavy atom. The standard InChI is InChI=1S/C22H27FO/c1-6-14(3)21(24)13-18-12-19(11-15(4)16(18)5)22-17(7-2)9-8-10-20(22)23/h8-12,14H,6-7,13H2,1-5H3. The molecule has 128 valence electrons. The zero-order valence-corrected chi connectivity index (χ0v) is 15.4. The highest BCUT2D eigenvalue weighted by molar-refractivity contribution is 5.84. The number of aryl methyl sites for hydroxylation is 2. The van der Waals surface area contributed by atoms with Crippen LogP contribution in [-0.4, -0.2) is 5.78 Å². The number of hydrogen-bond donors (Lipinski definition) is 0. The number of benzene rings is 2. The van der Waals surface area contributed by atoms with Gasteiger partial charge in [0, 0.05) is 17.9 Å². The molecule has 0 fully saturated rings. The third kappa shape index (κ3) is 3.75. The molecule has 0 aromatic heterocycles. The highest BCUT2D eigenvalue weighted by atomic mass is 19.1. The fourth-order valence-corrected chi connectivity index (χ4v) is 3.04. The number of carbonyl (C=O) groups excluding carboxylic acids is 1. The fraction of sp³-hybridized carbons (Fsp3) is 0.409. The molecule has 0 radical (unpaired) electrons. The van der Waals surface area contributed by atoms with Gasteiger partial charge in [0.1, 0.15) is 11.6 Å². The van der Waals surface area contributed by atoms with E-state index < -0.39 is 0 Å². The Morgan fingerprint density at radius 1 is 1.12 bits per heavy atom. The molecule has 1 nitrogen and oxygen atoms in total. The summed E-state index contributed by atoms with van der Waals surface area (Å²) in [6, 6.07) is 9.27. The van der Waals surface area contributed by atoms with E-state index in [1.165, 1.54) is 6.07 Å². The van der Waals surface area contributed by atoms with Gasteiger partial charge in [-0.2, -0.15) is 0 Å². The van der Waals surface area contributed by atoms with Gasteiger partial charge in [-0.3, -0.25) is 4.79 Å². The topological polar surface area (TPSA) is 17.1 Å². The third-order valence-corrected chi connectivity index (χ3v) is 5.07. The predicted molar refractivity (Wildman–Crippen MR) is 98.9 cm³/mol. The van der Waals surface area contributed by atoms with Crippen LogP contribution in [-0.2, 0) is 17.6 Å². The Balaban J connectivity index is 2.53. The summed E-state index contributed by atoms with van der Waals surface area (Å²) in [5, 5.41) is 0. The smallest absolute Gasteiger partial charge is 0.140 e. The van der Waals surface area contributed by atoms with Crippen molar-refractivity contribution in [3.63, 3.8) is 0 Å². The van der Waals surface area contributed by atoms with Crippen LogP contribution in [0.5, 0.6) is 0 Å². The molecule has 0 aliphatic rings. The number of ketones is 1. The van der Waals surface area contributed by atoms with Crippen LogP contribution < -0.4 is 0 Å². The van der Waals surface area contributed by atoms with E-state index in [0.29, 0.717) is 12.0 Å². The second kappa shape index (κ2) is 7.74. The van der Waals surface area contributed by atoms with Crippen molar-refractivity contribution >= 4 is 5.78 Å². The lowest BCUT2D eigenvalue weighted by molar-refractivity contribution is -0.121. The Labute approximate surface area is 144 Å². The van der Waals surface area contributed by atoms with Crippen molar-refractivity contribution in [2.45, 2.75) is 53.9 Å². The summed E-state index contributed by atoms with van der Waals surface area (Å²) in [7, 11) is 0. The maximum absolute atomic E-state index is 14.5. The molecule has 2 heteroatoms. The van der Waals surface area contributed by atoms with Crippen LogP contribution in [0.1, 0.15) is 49.4 Å². The van der Waals surface area contributed by atoms with Crippen molar-refractivity contribution in [3.05, 3.63) is 58.4 Å². The second-order valence-corrected chi connectivity index (χ2v) is 6.66. The molecule has 0 saturated carbocycles. The maximum Gasteiger partial charge on any atom is 0.140 e. The van der Waals surface area contributed by atoms with Gasteiger partial charge in [0.15, 0.2) is 0 Å². The number of Topliss-reactive ketones (excluding diaryl/α,β-unsaturated/α-hetero) is 1. The van der Waals surface area contributed by atoms with Crippen molar-refractivity contribution in [1.82, 2.24) is 0 Å². The van der Waals surface area contributed by atoms with Crippen LogP contribution in [0.2, 0.25) is 0 Å². The van der Waals surface area contributed by atoms with Gasteiger partial charge in [-0.15, -0.1) is 0 Å². The maximum atomic E-state index is 14.5. The molecule has 0 heterocycles. The molecule has 0 saturated heterocycles. The van der Waals surface area contributed by atoms with Crippen LogP contribution in [0.25, 0.3) is 11.1 Å². The van der Waals surface area contributed by atoms with E-state index in [-0.39, 0.29) is 17.5 Å². The quantitative estimate of drug-likeness (QED) is 0.652. The third-order valence-electron chi connectivity index (χ3n) is 5.07. The summed E-state index contributed by atoms with van der Waals surface area (Å²) in [5.74, 6) is 0.117. The van der Waals surface area contributed by atoms with E-state index in [0.717, 1.165) is 40.7 Å². The van der Waals surface area contributed by atoms with Gasteiger partial charge in [0.25, 0.3) is 0 Å². The van der Waals surface area contributed by atoms with Crippen LogP contribution in [0.15, 0.2) is 30.3 Å². The van der Waals surface area contributed by atoms with Crippen LogP contribution in [0.4, 0.5) is 4.39 Å². The van der Waals surface area contributed by atoms with E-state index in [2.05, 4.69) is 0 Å². The Morgan fingerprint density at radius 2 is 1.83 bits per heavy atom. The minimum atomic E-state index is -0.197. The summed E-state index contributed by atoms with van der Waals surface area (Å²) in [6.45, 7) is 10.1. The molecule has 0 spiro atoms. The zero-order chi connectivity index (χ0) is 17.9. The molecule has 0 bridgehead atoms. The lowest BCUT2D eigenvalue weighted by Gasteiger charge is -2.16. The molecule has 2 aromatic carbocycles. The van der Waals surface area contributed by atoms with Gasteiger partial charge in [-0.25, -0.2) is 4.39 Å². The van der Waals surface area contributed by atoms with E-state index in [4.69, 9.17) is 0 Å². The largest absolute Gasteiger partial charge is 0.299 e. The van der Waals surface area contributed by atoms with E-state index in [1.54, 1.807) is 6.07 Å². The molecule has 0 aliphatic carbocycles. The van der Waals surface area contributed by atoms with E-state index >= 15 is 0 Å². The predicted octanol–water partition coefficient (Wildman–Crippen LogP) is 5.83. The monoisotopic (exact) mass is 326 g/mol. The van der Waals surface area contributed by atoms with E-state index in [9.17, 15) is 9.18 Å². The molecule has 0 amide bonds. The second-order valence-electron chi connectivity index (χ2n) is 6.66. The molecule has 0 aliphatic heterocycles. The minimum Gasteiger partial charge on any atom is -0.299 e. The zero-order valence-electron chi connectivity index (χ0n) is 15.4. The Kier molecular flexibility index (Phi) is 5.93. The molecular formula is C22H27FO. The number of carbonyl (C=O) groups is 1. The average molecular weight is 326 g/mol. The highest BCUT2D eigenvalue weighted by Gasteiger charge is 2.16. The number of hydrogen-bond acceptors (Lipinski definition) is 1. The molecule has 2 rings (SSSR count). The first-order valence-electron chi connectivity index (χ1n) is 8.79. The first kappa shape index (κ1) is 18.4. The lowest BCUT2D eigenvalue weighted by Crippen LogP contribution is -2.14. The van der Waals surface area contributed by atoms with E-state index in [1.807, 2.05) is 52.8 Å². The van der Waals surface area contributed by atoms with Gasteiger partial charge in [-0.1, -0.05) is 45.0 Å². The molecule has 24 heavy (non-hydrogen) atoms. The SMILES string of the molecule is CCc1cccc(F)c1-c1cc(C)c(C)c(CC(=O)C(C)CC)c1. The van der Waals surface area contributed by atoms with Crippen molar-refractivity contribution in [2.75, 3.05) is 0 Å². The highest BCUT2D eigenvalue weighted by Crippen LogP contribution is 2.31. The van der Waals surface area contributed by atoms with Crippen molar-refractivity contribution in [2.24, 2.45) is 5.92 Å².